The van der Waals surface area contributed by atoms with Gasteiger partial charge in [-0.1, -0.05) is 36.4 Å². The van der Waals surface area contributed by atoms with E-state index in [0.29, 0.717) is 37.1 Å². The summed E-state index contributed by atoms with van der Waals surface area (Å²) in [5.74, 6) is -0.411. The average molecular weight is 419 g/mol. The largest absolute Gasteiger partial charge is 0.422 e. The summed E-state index contributed by atoms with van der Waals surface area (Å²) in [5.41, 5.74) is 2.78. The van der Waals surface area contributed by atoms with E-state index in [-0.39, 0.29) is 23.9 Å². The number of rotatable bonds is 4. The number of amides is 2. The summed E-state index contributed by atoms with van der Waals surface area (Å²) in [5, 5.41) is 3.71. The van der Waals surface area contributed by atoms with Crippen LogP contribution in [0.4, 0.5) is 5.69 Å². The first kappa shape index (κ1) is 20.8. The van der Waals surface area contributed by atoms with Crippen molar-refractivity contribution in [3.8, 4) is 0 Å². The Kier molecular flexibility index (Phi) is 5.86. The highest BCUT2D eigenvalue weighted by atomic mass is 16.4. The van der Waals surface area contributed by atoms with Crippen molar-refractivity contribution in [2.75, 3.05) is 38.0 Å². The summed E-state index contributed by atoms with van der Waals surface area (Å²) in [6.07, 6.45) is 0. The lowest BCUT2D eigenvalue weighted by Gasteiger charge is -2.34. The lowest BCUT2D eigenvalue weighted by Crippen LogP contribution is -2.51. The average Bonchev–Trinajstić information content (AvgIpc) is 2.76. The molecule has 160 valence electrons. The van der Waals surface area contributed by atoms with E-state index in [9.17, 15) is 14.4 Å². The number of carbonyl (C=O) groups is 2. The Hall–Kier alpha value is -3.45. The van der Waals surface area contributed by atoms with Crippen molar-refractivity contribution in [2.24, 2.45) is 0 Å². The normalized spacial score (nSPS) is 14.6. The minimum absolute atomic E-state index is 0.0416. The Morgan fingerprint density at radius 3 is 2.35 bits per heavy atom. The number of hydrogen-bond acceptors (Lipinski definition) is 5. The van der Waals surface area contributed by atoms with Gasteiger partial charge in [0.25, 0.3) is 5.91 Å². The molecule has 1 aromatic heterocycles. The van der Waals surface area contributed by atoms with Crippen LogP contribution in [0.5, 0.6) is 0 Å². The highest BCUT2D eigenvalue weighted by molar-refractivity contribution is 5.97. The summed E-state index contributed by atoms with van der Waals surface area (Å²) in [6.45, 7) is 6.21. The van der Waals surface area contributed by atoms with Crippen molar-refractivity contribution in [1.82, 2.24) is 9.80 Å². The quantitative estimate of drug-likeness (QED) is 0.658. The summed E-state index contributed by atoms with van der Waals surface area (Å²) < 4.78 is 5.29. The van der Waals surface area contributed by atoms with E-state index < -0.39 is 5.63 Å². The molecule has 2 heterocycles. The Bertz CT molecular complexity index is 1170. The topological polar surface area (TPSA) is 82.9 Å². The third-order valence-electron chi connectivity index (χ3n) is 5.64. The molecule has 0 atom stereocenters. The van der Waals surface area contributed by atoms with Gasteiger partial charge in [0.2, 0.25) is 5.91 Å². The van der Waals surface area contributed by atoms with Gasteiger partial charge in [0, 0.05) is 37.3 Å². The molecule has 1 N–H and O–H groups in total. The van der Waals surface area contributed by atoms with Crippen LogP contribution in [0.2, 0.25) is 0 Å². The van der Waals surface area contributed by atoms with Crippen molar-refractivity contribution in [2.45, 2.75) is 13.8 Å². The van der Waals surface area contributed by atoms with E-state index >= 15 is 0 Å². The van der Waals surface area contributed by atoms with E-state index in [0.717, 1.165) is 16.8 Å². The standard InChI is InChI=1S/C24H25N3O4/c1-16-6-5-7-17(2)22(16)25-21(28)15-26-10-12-27(13-11-26)23(29)19-14-18-8-3-4-9-20(18)31-24(19)30/h3-9,14H,10-13,15H2,1-2H3,(H,25,28). The molecule has 31 heavy (non-hydrogen) atoms. The molecule has 3 aromatic rings. The fourth-order valence-electron chi connectivity index (χ4n) is 3.88. The fourth-order valence-corrected chi connectivity index (χ4v) is 3.88. The number of aryl methyl sites for hydroxylation is 2. The second-order valence-corrected chi connectivity index (χ2v) is 7.87. The van der Waals surface area contributed by atoms with Gasteiger partial charge in [-0.3, -0.25) is 14.5 Å². The molecule has 0 bridgehead atoms. The SMILES string of the molecule is Cc1cccc(C)c1NC(=O)CN1CCN(C(=O)c2cc3ccccc3oc2=O)CC1. The molecule has 4 rings (SSSR count). The van der Waals surface area contributed by atoms with Crippen LogP contribution in [0.25, 0.3) is 11.0 Å². The Morgan fingerprint density at radius 2 is 1.65 bits per heavy atom. The molecule has 1 aliphatic rings. The zero-order valence-electron chi connectivity index (χ0n) is 17.7. The lowest BCUT2D eigenvalue weighted by molar-refractivity contribution is -0.117. The first-order valence-corrected chi connectivity index (χ1v) is 10.3. The number of benzene rings is 2. The number of hydrogen-bond donors (Lipinski definition) is 1. The van der Waals surface area contributed by atoms with E-state index in [2.05, 4.69) is 5.32 Å². The van der Waals surface area contributed by atoms with Gasteiger partial charge in [0.15, 0.2) is 0 Å². The first-order chi connectivity index (χ1) is 14.9. The van der Waals surface area contributed by atoms with Crippen LogP contribution in [0.15, 0.2) is 57.7 Å². The molecule has 0 aliphatic carbocycles. The molecule has 7 heteroatoms. The van der Waals surface area contributed by atoms with Gasteiger partial charge in [-0.25, -0.2) is 4.79 Å². The van der Waals surface area contributed by atoms with E-state index in [1.54, 1.807) is 23.1 Å². The molecule has 2 aromatic carbocycles. The van der Waals surface area contributed by atoms with E-state index in [4.69, 9.17) is 4.42 Å². The molecule has 0 radical (unpaired) electrons. The summed E-state index contributed by atoms with van der Waals surface area (Å²) in [7, 11) is 0. The van der Waals surface area contributed by atoms with E-state index in [1.165, 1.54) is 0 Å². The molecule has 1 saturated heterocycles. The molecule has 1 aliphatic heterocycles. The van der Waals surface area contributed by atoms with Gasteiger partial charge < -0.3 is 14.6 Å². The number of para-hydroxylation sites is 2. The van der Waals surface area contributed by atoms with Gasteiger partial charge in [0.1, 0.15) is 11.1 Å². The monoisotopic (exact) mass is 419 g/mol. The maximum Gasteiger partial charge on any atom is 0.349 e. The van der Waals surface area contributed by atoms with Crippen molar-refractivity contribution in [3.05, 3.63) is 75.6 Å². The number of fused-ring (bicyclic) bond motifs is 1. The van der Waals surface area contributed by atoms with Crippen LogP contribution in [0, 0.1) is 13.8 Å². The van der Waals surface area contributed by atoms with Crippen LogP contribution < -0.4 is 10.9 Å². The highest BCUT2D eigenvalue weighted by Gasteiger charge is 2.26. The summed E-state index contributed by atoms with van der Waals surface area (Å²) in [6, 6.07) is 14.6. The van der Waals surface area contributed by atoms with Crippen molar-refractivity contribution in [3.63, 3.8) is 0 Å². The number of nitrogens with one attached hydrogen (secondary N) is 1. The Balaban J connectivity index is 1.36. The third-order valence-corrected chi connectivity index (χ3v) is 5.64. The molecule has 0 unspecified atom stereocenters. The lowest BCUT2D eigenvalue weighted by atomic mass is 10.1. The van der Waals surface area contributed by atoms with Crippen molar-refractivity contribution < 1.29 is 14.0 Å². The van der Waals surface area contributed by atoms with Gasteiger partial charge in [0.05, 0.1) is 6.54 Å². The highest BCUT2D eigenvalue weighted by Crippen LogP contribution is 2.19. The van der Waals surface area contributed by atoms with Crippen LogP contribution >= 0.6 is 0 Å². The van der Waals surface area contributed by atoms with Crippen molar-refractivity contribution in [1.29, 1.82) is 0 Å². The Labute approximate surface area is 180 Å². The molecule has 1 fully saturated rings. The van der Waals surface area contributed by atoms with Gasteiger partial charge in [-0.15, -0.1) is 0 Å². The van der Waals surface area contributed by atoms with Crippen LogP contribution in [0.1, 0.15) is 21.5 Å². The number of carbonyl (C=O) groups excluding carboxylic acids is 2. The predicted molar refractivity (Wildman–Crippen MR) is 119 cm³/mol. The fraction of sp³-hybridized carbons (Fsp3) is 0.292. The first-order valence-electron chi connectivity index (χ1n) is 10.3. The molecule has 7 nitrogen and oxygen atoms in total. The number of anilines is 1. The smallest absolute Gasteiger partial charge is 0.349 e. The number of nitrogens with zero attached hydrogens (tertiary/aromatic N) is 2. The molecule has 0 spiro atoms. The molecule has 2 amide bonds. The molecule has 0 saturated carbocycles. The zero-order chi connectivity index (χ0) is 22.0. The Morgan fingerprint density at radius 1 is 0.968 bits per heavy atom. The van der Waals surface area contributed by atoms with E-state index in [1.807, 2.05) is 49.1 Å². The second-order valence-electron chi connectivity index (χ2n) is 7.87. The molecular formula is C24H25N3O4. The zero-order valence-corrected chi connectivity index (χ0v) is 17.7. The van der Waals surface area contributed by atoms with Crippen LogP contribution in [0.3, 0.4) is 0 Å². The minimum Gasteiger partial charge on any atom is -0.422 e. The van der Waals surface area contributed by atoms with Crippen LogP contribution in [-0.2, 0) is 4.79 Å². The summed E-state index contributed by atoms with van der Waals surface area (Å²) >= 11 is 0. The maximum absolute atomic E-state index is 12.9. The molecular weight excluding hydrogens is 394 g/mol. The number of piperazine rings is 1. The second kappa shape index (κ2) is 8.73. The van der Waals surface area contributed by atoms with Crippen LogP contribution in [-0.4, -0.2) is 54.3 Å². The summed E-state index contributed by atoms with van der Waals surface area (Å²) in [4.78, 5) is 41.3. The minimum atomic E-state index is -0.626. The third kappa shape index (κ3) is 4.51. The van der Waals surface area contributed by atoms with Gasteiger partial charge in [-0.2, -0.15) is 0 Å². The van der Waals surface area contributed by atoms with Gasteiger partial charge >= 0.3 is 5.63 Å². The maximum atomic E-state index is 12.9. The van der Waals surface area contributed by atoms with Crippen molar-refractivity contribution >= 4 is 28.5 Å². The van der Waals surface area contributed by atoms with Gasteiger partial charge in [-0.05, 0) is 37.1 Å². The predicted octanol–water partition coefficient (Wildman–Crippen LogP) is 2.81.